The van der Waals surface area contributed by atoms with Crippen molar-refractivity contribution in [3.05, 3.63) is 30.1 Å². The molecule has 1 aromatic carbocycles. The van der Waals surface area contributed by atoms with Crippen molar-refractivity contribution in [2.24, 2.45) is 5.73 Å². The second-order valence-corrected chi connectivity index (χ2v) is 3.60. The maximum Gasteiger partial charge on any atom is 0.181 e. The van der Waals surface area contributed by atoms with Crippen LogP contribution in [-0.2, 0) is 6.42 Å². The van der Waals surface area contributed by atoms with Crippen LogP contribution in [0.15, 0.2) is 24.3 Å². The van der Waals surface area contributed by atoms with E-state index in [0.29, 0.717) is 25.4 Å². The molecule has 0 bridgehead atoms. The maximum absolute atomic E-state index is 5.46. The summed E-state index contributed by atoms with van der Waals surface area (Å²) in [5, 5.41) is 7.02. The zero-order valence-electron chi connectivity index (χ0n) is 9.81. The predicted octanol–water partition coefficient (Wildman–Crippen LogP) is 1.37. The van der Waals surface area contributed by atoms with Gasteiger partial charge in [0.25, 0.3) is 0 Å². The van der Waals surface area contributed by atoms with Gasteiger partial charge in [-0.05, 0) is 37.7 Å². The number of benzene rings is 1. The summed E-state index contributed by atoms with van der Waals surface area (Å²) in [6.07, 6.45) is 0.712. The SMILES string of the molecule is CCOc1ccc(-c2n[nH]c(CCN)n2)cc1. The van der Waals surface area contributed by atoms with E-state index in [0.717, 1.165) is 17.1 Å². The molecular formula is C12H16N4O. The average molecular weight is 232 g/mol. The van der Waals surface area contributed by atoms with Crippen molar-refractivity contribution in [3.63, 3.8) is 0 Å². The quantitative estimate of drug-likeness (QED) is 0.816. The van der Waals surface area contributed by atoms with Gasteiger partial charge in [-0.3, -0.25) is 5.10 Å². The van der Waals surface area contributed by atoms with E-state index in [4.69, 9.17) is 10.5 Å². The summed E-state index contributed by atoms with van der Waals surface area (Å²) in [6.45, 7) is 3.20. The fraction of sp³-hybridized carbons (Fsp3) is 0.333. The molecule has 0 spiro atoms. The van der Waals surface area contributed by atoms with E-state index < -0.39 is 0 Å². The van der Waals surface area contributed by atoms with Crippen LogP contribution < -0.4 is 10.5 Å². The molecule has 0 aliphatic heterocycles. The van der Waals surface area contributed by atoms with Gasteiger partial charge in [-0.1, -0.05) is 0 Å². The minimum Gasteiger partial charge on any atom is -0.494 e. The molecular weight excluding hydrogens is 216 g/mol. The number of ether oxygens (including phenoxy) is 1. The molecule has 17 heavy (non-hydrogen) atoms. The highest BCUT2D eigenvalue weighted by atomic mass is 16.5. The van der Waals surface area contributed by atoms with Crippen molar-refractivity contribution >= 4 is 0 Å². The Morgan fingerprint density at radius 2 is 2.06 bits per heavy atom. The second-order valence-electron chi connectivity index (χ2n) is 3.60. The number of hydrogen-bond acceptors (Lipinski definition) is 4. The van der Waals surface area contributed by atoms with E-state index in [-0.39, 0.29) is 0 Å². The number of H-pyrrole nitrogens is 1. The number of nitrogens with one attached hydrogen (secondary N) is 1. The largest absolute Gasteiger partial charge is 0.494 e. The molecule has 0 atom stereocenters. The molecule has 90 valence electrons. The molecule has 0 saturated carbocycles. The fourth-order valence-electron chi connectivity index (χ4n) is 1.54. The Morgan fingerprint density at radius 3 is 2.71 bits per heavy atom. The molecule has 0 fully saturated rings. The number of aromatic amines is 1. The van der Waals surface area contributed by atoms with Crippen LogP contribution >= 0.6 is 0 Å². The maximum atomic E-state index is 5.46. The summed E-state index contributed by atoms with van der Waals surface area (Å²) >= 11 is 0. The van der Waals surface area contributed by atoms with Gasteiger partial charge in [0, 0.05) is 12.0 Å². The van der Waals surface area contributed by atoms with Crippen LogP contribution in [0.3, 0.4) is 0 Å². The van der Waals surface area contributed by atoms with Gasteiger partial charge in [0.2, 0.25) is 0 Å². The Labute approximate surface area is 100 Å². The van der Waals surface area contributed by atoms with Crippen LogP contribution in [0.1, 0.15) is 12.7 Å². The van der Waals surface area contributed by atoms with Crippen LogP contribution in [0.2, 0.25) is 0 Å². The smallest absolute Gasteiger partial charge is 0.181 e. The molecule has 1 heterocycles. The molecule has 0 saturated heterocycles. The number of nitrogens with two attached hydrogens (primary N) is 1. The van der Waals surface area contributed by atoms with Crippen molar-refractivity contribution in [3.8, 4) is 17.1 Å². The third-order valence-corrected chi connectivity index (χ3v) is 2.34. The molecule has 1 aromatic heterocycles. The highest BCUT2D eigenvalue weighted by Crippen LogP contribution is 2.19. The van der Waals surface area contributed by atoms with E-state index in [1.165, 1.54) is 0 Å². The van der Waals surface area contributed by atoms with Gasteiger partial charge in [-0.25, -0.2) is 4.98 Å². The van der Waals surface area contributed by atoms with E-state index >= 15 is 0 Å². The lowest BCUT2D eigenvalue weighted by atomic mass is 10.2. The summed E-state index contributed by atoms with van der Waals surface area (Å²) in [4.78, 5) is 4.36. The third-order valence-electron chi connectivity index (χ3n) is 2.34. The molecule has 3 N–H and O–H groups in total. The zero-order valence-corrected chi connectivity index (χ0v) is 9.81. The molecule has 0 aliphatic carbocycles. The molecule has 0 aliphatic rings. The summed E-state index contributed by atoms with van der Waals surface area (Å²) in [6, 6.07) is 7.72. The molecule has 5 nitrogen and oxygen atoms in total. The number of aromatic nitrogens is 3. The second kappa shape index (κ2) is 5.45. The standard InChI is InChI=1S/C12H16N4O/c1-2-17-10-5-3-9(4-6-10)12-14-11(7-8-13)15-16-12/h3-6H,2,7-8,13H2,1H3,(H,14,15,16). The summed E-state index contributed by atoms with van der Waals surface area (Å²) < 4.78 is 5.38. The minimum atomic E-state index is 0.567. The highest BCUT2D eigenvalue weighted by molar-refractivity contribution is 5.55. The number of nitrogens with zero attached hydrogens (tertiary/aromatic N) is 2. The van der Waals surface area contributed by atoms with E-state index in [1.54, 1.807) is 0 Å². The van der Waals surface area contributed by atoms with Crippen LogP contribution in [0, 0.1) is 0 Å². The molecule has 0 unspecified atom stereocenters. The Hall–Kier alpha value is -1.88. The van der Waals surface area contributed by atoms with Crippen molar-refractivity contribution < 1.29 is 4.74 Å². The topological polar surface area (TPSA) is 76.8 Å². The van der Waals surface area contributed by atoms with Crippen molar-refractivity contribution in [2.75, 3.05) is 13.2 Å². The van der Waals surface area contributed by atoms with Crippen LogP contribution in [0.5, 0.6) is 5.75 Å². The van der Waals surface area contributed by atoms with E-state index in [1.807, 2.05) is 31.2 Å². The third kappa shape index (κ3) is 2.82. The summed E-state index contributed by atoms with van der Waals surface area (Å²) in [7, 11) is 0. The van der Waals surface area contributed by atoms with Gasteiger partial charge in [0.15, 0.2) is 5.82 Å². The van der Waals surface area contributed by atoms with Gasteiger partial charge in [-0.15, -0.1) is 0 Å². The van der Waals surface area contributed by atoms with Crippen molar-refractivity contribution in [1.29, 1.82) is 0 Å². The Bertz CT molecular complexity index is 464. The average Bonchev–Trinajstić information content (AvgIpc) is 2.80. The monoisotopic (exact) mass is 232 g/mol. The van der Waals surface area contributed by atoms with Gasteiger partial charge < -0.3 is 10.5 Å². The summed E-state index contributed by atoms with van der Waals surface area (Å²) in [5.41, 5.74) is 6.42. The normalized spacial score (nSPS) is 10.5. The first-order chi connectivity index (χ1) is 8.33. The fourth-order valence-corrected chi connectivity index (χ4v) is 1.54. The Balaban J connectivity index is 2.15. The highest BCUT2D eigenvalue weighted by Gasteiger charge is 2.05. The van der Waals surface area contributed by atoms with Crippen molar-refractivity contribution in [1.82, 2.24) is 15.2 Å². The first kappa shape index (κ1) is 11.6. The molecule has 0 amide bonds. The lowest BCUT2D eigenvalue weighted by Crippen LogP contribution is -2.03. The molecule has 0 radical (unpaired) electrons. The van der Waals surface area contributed by atoms with Gasteiger partial charge in [-0.2, -0.15) is 5.10 Å². The number of rotatable bonds is 5. The Morgan fingerprint density at radius 1 is 1.29 bits per heavy atom. The van der Waals surface area contributed by atoms with Crippen LogP contribution in [0.4, 0.5) is 0 Å². The summed E-state index contributed by atoms with van der Waals surface area (Å²) in [5.74, 6) is 2.36. The minimum absolute atomic E-state index is 0.567. The van der Waals surface area contributed by atoms with Gasteiger partial charge in [0.1, 0.15) is 11.6 Å². The van der Waals surface area contributed by atoms with Gasteiger partial charge >= 0.3 is 0 Å². The zero-order chi connectivity index (χ0) is 12.1. The molecule has 5 heteroatoms. The van der Waals surface area contributed by atoms with Crippen LogP contribution in [0.25, 0.3) is 11.4 Å². The predicted molar refractivity (Wildman–Crippen MR) is 65.7 cm³/mol. The van der Waals surface area contributed by atoms with Crippen molar-refractivity contribution in [2.45, 2.75) is 13.3 Å². The first-order valence-corrected chi connectivity index (χ1v) is 5.68. The number of hydrogen-bond donors (Lipinski definition) is 2. The molecule has 2 rings (SSSR count). The lowest BCUT2D eigenvalue weighted by Gasteiger charge is -2.02. The van der Waals surface area contributed by atoms with Crippen LogP contribution in [-0.4, -0.2) is 28.3 Å². The van der Waals surface area contributed by atoms with Gasteiger partial charge in [0.05, 0.1) is 6.61 Å². The van der Waals surface area contributed by atoms with E-state index in [2.05, 4.69) is 15.2 Å². The Kier molecular flexibility index (Phi) is 3.72. The molecule has 2 aromatic rings. The first-order valence-electron chi connectivity index (χ1n) is 5.68. The van der Waals surface area contributed by atoms with E-state index in [9.17, 15) is 0 Å². The lowest BCUT2D eigenvalue weighted by molar-refractivity contribution is 0.340.